The summed E-state index contributed by atoms with van der Waals surface area (Å²) in [5.41, 5.74) is -0.0383. The van der Waals surface area contributed by atoms with E-state index in [1.54, 1.807) is 12.1 Å². The monoisotopic (exact) mass is 588 g/mol. The average molecular weight is 589 g/mol. The first-order valence-corrected chi connectivity index (χ1v) is 13.2. The number of carbonyl (C=O) groups excluding carboxylic acids is 1. The van der Waals surface area contributed by atoms with Crippen molar-refractivity contribution < 1.29 is 48.7 Å². The van der Waals surface area contributed by atoms with Crippen LogP contribution >= 0.6 is 0 Å². The third-order valence-corrected chi connectivity index (χ3v) is 6.60. The van der Waals surface area contributed by atoms with E-state index in [-0.39, 0.29) is 11.7 Å². The molecule has 0 spiro atoms. The van der Waals surface area contributed by atoms with Gasteiger partial charge < -0.3 is 30.5 Å². The van der Waals surface area contributed by atoms with Crippen molar-refractivity contribution in [1.29, 1.82) is 0 Å². The zero-order valence-electron chi connectivity index (χ0n) is 23.6. The van der Waals surface area contributed by atoms with Crippen molar-refractivity contribution in [3.8, 4) is 5.75 Å². The molecule has 1 saturated heterocycles. The van der Waals surface area contributed by atoms with Gasteiger partial charge in [0.25, 0.3) is 0 Å². The number of hydrogen-bond donors (Lipinski definition) is 5. The van der Waals surface area contributed by atoms with Gasteiger partial charge in [0.15, 0.2) is 5.60 Å². The van der Waals surface area contributed by atoms with Crippen LogP contribution in [0.5, 0.6) is 5.75 Å². The lowest BCUT2D eigenvalue weighted by Gasteiger charge is -2.42. The fourth-order valence-electron chi connectivity index (χ4n) is 4.60. The molecule has 0 unspecified atom stereocenters. The Balaban J connectivity index is 0.000000401. The summed E-state index contributed by atoms with van der Waals surface area (Å²) < 4.78 is 19.1. The van der Waals surface area contributed by atoms with Crippen molar-refractivity contribution >= 4 is 23.8 Å². The minimum absolute atomic E-state index is 0.0647. The first-order chi connectivity index (χ1) is 19.6. The number of aliphatic hydroxyl groups is 1. The molecule has 0 aromatic heterocycles. The maximum absolute atomic E-state index is 13.4. The second kappa shape index (κ2) is 15.1. The highest BCUT2D eigenvalue weighted by Crippen LogP contribution is 2.34. The van der Waals surface area contributed by atoms with Gasteiger partial charge >= 0.3 is 17.9 Å². The molecule has 2 aromatic rings. The SMILES string of the molecule is C=C(C)COc1cccc(CN2CCC(NC(C)=O)(c3ccc(F)cc3)CC2)c1.O=C(O)CC(O)(CC(=O)O)C(=O)O. The quantitative estimate of drug-likeness (QED) is 0.232. The van der Waals surface area contributed by atoms with Gasteiger partial charge in [-0.25, -0.2) is 9.18 Å². The number of rotatable bonds is 12. The Morgan fingerprint density at radius 3 is 2.05 bits per heavy atom. The van der Waals surface area contributed by atoms with Crippen molar-refractivity contribution in [1.82, 2.24) is 10.2 Å². The van der Waals surface area contributed by atoms with Crippen LogP contribution in [0, 0.1) is 5.82 Å². The van der Waals surface area contributed by atoms with Gasteiger partial charge in [-0.1, -0.05) is 30.8 Å². The molecule has 0 atom stereocenters. The summed E-state index contributed by atoms with van der Waals surface area (Å²) in [6, 6.07) is 14.6. The summed E-state index contributed by atoms with van der Waals surface area (Å²) in [4.78, 5) is 44.7. The predicted molar refractivity (Wildman–Crippen MR) is 150 cm³/mol. The van der Waals surface area contributed by atoms with Gasteiger partial charge in [0.1, 0.15) is 18.2 Å². The van der Waals surface area contributed by atoms with Crippen LogP contribution in [-0.2, 0) is 31.3 Å². The Labute approximate surface area is 243 Å². The van der Waals surface area contributed by atoms with Crippen molar-refractivity contribution in [2.24, 2.45) is 0 Å². The number of hydrogen-bond acceptors (Lipinski definition) is 7. The predicted octanol–water partition coefficient (Wildman–Crippen LogP) is 3.16. The lowest BCUT2D eigenvalue weighted by Crippen LogP contribution is -2.52. The highest BCUT2D eigenvalue weighted by atomic mass is 19.1. The Morgan fingerprint density at radius 2 is 1.57 bits per heavy atom. The van der Waals surface area contributed by atoms with Crippen LogP contribution < -0.4 is 10.1 Å². The molecule has 12 heteroatoms. The second-order valence-corrected chi connectivity index (χ2v) is 10.4. The standard InChI is InChI=1S/C24H29FN2O2.C6H8O7/c1-18(2)17-29-23-6-4-5-20(15-23)16-27-13-11-24(12-14-27,26-19(3)28)21-7-9-22(25)10-8-21;7-3(8)1-6(13,5(11)12)2-4(9)10/h4-10,15H,1,11-14,16-17H2,2-3H3,(H,26,28);13H,1-2H2,(H,7,8)(H,9,10)(H,11,12). The Kier molecular flexibility index (Phi) is 12.2. The largest absolute Gasteiger partial charge is 0.489 e. The van der Waals surface area contributed by atoms with E-state index in [9.17, 15) is 23.6 Å². The van der Waals surface area contributed by atoms with Crippen LogP contribution in [0.3, 0.4) is 0 Å². The summed E-state index contributed by atoms with van der Waals surface area (Å²) >= 11 is 0. The number of benzene rings is 2. The van der Waals surface area contributed by atoms with Crippen molar-refractivity contribution in [2.75, 3.05) is 19.7 Å². The summed E-state index contributed by atoms with van der Waals surface area (Å²) in [5.74, 6) is -4.50. The third kappa shape index (κ3) is 10.6. The normalized spacial score (nSPS) is 14.6. The van der Waals surface area contributed by atoms with Gasteiger partial charge in [0.05, 0.1) is 18.4 Å². The van der Waals surface area contributed by atoms with Crippen LogP contribution in [0.1, 0.15) is 50.7 Å². The van der Waals surface area contributed by atoms with E-state index in [1.165, 1.54) is 24.6 Å². The third-order valence-electron chi connectivity index (χ3n) is 6.60. The molecule has 1 fully saturated rings. The molecule has 2 aromatic carbocycles. The van der Waals surface area contributed by atoms with Crippen LogP contribution in [0.4, 0.5) is 4.39 Å². The topological polar surface area (TPSA) is 174 Å². The average Bonchev–Trinajstić information content (AvgIpc) is 2.88. The molecule has 0 saturated carbocycles. The molecule has 228 valence electrons. The van der Waals surface area contributed by atoms with E-state index in [0.29, 0.717) is 6.61 Å². The number of carbonyl (C=O) groups is 4. The molecule has 1 heterocycles. The zero-order valence-corrected chi connectivity index (χ0v) is 23.6. The number of ether oxygens (including phenoxy) is 1. The minimum atomic E-state index is -2.74. The maximum atomic E-state index is 13.4. The summed E-state index contributed by atoms with van der Waals surface area (Å²) in [7, 11) is 0. The van der Waals surface area contributed by atoms with Crippen LogP contribution in [0.25, 0.3) is 0 Å². The number of amides is 1. The molecular formula is C30H37FN2O9. The van der Waals surface area contributed by atoms with Gasteiger partial charge in [-0.3, -0.25) is 19.3 Å². The number of likely N-dealkylation sites (tertiary alicyclic amines) is 1. The van der Waals surface area contributed by atoms with E-state index in [1.807, 2.05) is 19.1 Å². The summed E-state index contributed by atoms with van der Waals surface area (Å²) in [6.07, 6.45) is -0.725. The first kappa shape index (κ1) is 33.9. The number of aliphatic carboxylic acids is 3. The van der Waals surface area contributed by atoms with Crippen LogP contribution in [-0.4, -0.2) is 74.4 Å². The molecule has 5 N–H and O–H groups in total. The molecule has 1 aliphatic rings. The summed E-state index contributed by atoms with van der Waals surface area (Å²) in [6.45, 7) is 10.4. The smallest absolute Gasteiger partial charge is 0.336 e. The Hall–Kier alpha value is -4.29. The number of carboxylic acid groups (broad SMARTS) is 3. The lowest BCUT2D eigenvalue weighted by atomic mass is 9.80. The Morgan fingerprint density at radius 1 is 1.00 bits per heavy atom. The lowest BCUT2D eigenvalue weighted by molar-refractivity contribution is -0.170. The van der Waals surface area contributed by atoms with E-state index in [2.05, 4.69) is 28.9 Å². The fourth-order valence-corrected chi connectivity index (χ4v) is 4.60. The number of halogens is 1. The van der Waals surface area contributed by atoms with E-state index < -0.39 is 41.9 Å². The molecular weight excluding hydrogens is 551 g/mol. The van der Waals surface area contributed by atoms with Gasteiger partial charge in [0, 0.05) is 26.6 Å². The molecule has 0 aliphatic carbocycles. The van der Waals surface area contributed by atoms with E-state index in [4.69, 9.17) is 25.2 Å². The van der Waals surface area contributed by atoms with Gasteiger partial charge in [-0.05, 0) is 60.7 Å². The number of nitrogens with zero attached hydrogens (tertiary/aromatic N) is 1. The molecule has 1 amide bonds. The molecule has 1 aliphatic heterocycles. The molecule has 0 bridgehead atoms. The molecule has 11 nitrogen and oxygen atoms in total. The molecule has 42 heavy (non-hydrogen) atoms. The van der Waals surface area contributed by atoms with Gasteiger partial charge in [0.2, 0.25) is 5.91 Å². The number of carboxylic acids is 3. The highest BCUT2D eigenvalue weighted by Gasteiger charge is 2.41. The van der Waals surface area contributed by atoms with Crippen molar-refractivity contribution in [2.45, 2.75) is 57.2 Å². The van der Waals surface area contributed by atoms with Crippen LogP contribution in [0.15, 0.2) is 60.7 Å². The summed E-state index contributed by atoms with van der Waals surface area (Å²) in [5, 5.41) is 36.9. The number of nitrogens with one attached hydrogen (secondary N) is 1. The van der Waals surface area contributed by atoms with E-state index in [0.717, 1.165) is 49.4 Å². The van der Waals surface area contributed by atoms with E-state index >= 15 is 0 Å². The van der Waals surface area contributed by atoms with Gasteiger partial charge in [-0.2, -0.15) is 0 Å². The van der Waals surface area contributed by atoms with Crippen molar-refractivity contribution in [3.63, 3.8) is 0 Å². The fraction of sp³-hybridized carbons (Fsp3) is 0.400. The zero-order chi connectivity index (χ0) is 31.5. The maximum Gasteiger partial charge on any atom is 0.336 e. The molecule has 0 radical (unpaired) electrons. The number of piperidine rings is 1. The van der Waals surface area contributed by atoms with Crippen LogP contribution in [0.2, 0.25) is 0 Å². The Bertz CT molecular complexity index is 1260. The first-order valence-electron chi connectivity index (χ1n) is 13.2. The highest BCUT2D eigenvalue weighted by molar-refractivity contribution is 5.88. The van der Waals surface area contributed by atoms with Gasteiger partial charge in [-0.15, -0.1) is 0 Å². The van der Waals surface area contributed by atoms with Crippen molar-refractivity contribution in [3.05, 3.63) is 77.6 Å². The minimum Gasteiger partial charge on any atom is -0.489 e. The molecule has 3 rings (SSSR count). The second-order valence-electron chi connectivity index (χ2n) is 10.4.